The van der Waals surface area contributed by atoms with Crippen molar-refractivity contribution in [3.8, 4) is 5.75 Å². The highest BCUT2D eigenvalue weighted by Gasteiger charge is 2.22. The van der Waals surface area contributed by atoms with Crippen molar-refractivity contribution in [2.24, 2.45) is 0 Å². The quantitative estimate of drug-likeness (QED) is 0.808. The SMILES string of the molecule is CCNC(c1ccc(OC)cc1C)C(CC)OC. The Labute approximate surface area is 110 Å². The summed E-state index contributed by atoms with van der Waals surface area (Å²) in [6, 6.07) is 6.44. The van der Waals surface area contributed by atoms with Crippen molar-refractivity contribution < 1.29 is 9.47 Å². The Balaban J connectivity index is 3.04. The third kappa shape index (κ3) is 3.47. The van der Waals surface area contributed by atoms with Gasteiger partial charge in [0.25, 0.3) is 0 Å². The number of ether oxygens (including phenoxy) is 2. The van der Waals surface area contributed by atoms with Gasteiger partial charge in [0.2, 0.25) is 0 Å². The maximum absolute atomic E-state index is 5.59. The van der Waals surface area contributed by atoms with Crippen LogP contribution in [0.15, 0.2) is 18.2 Å². The van der Waals surface area contributed by atoms with Gasteiger partial charge in [0, 0.05) is 7.11 Å². The lowest BCUT2D eigenvalue weighted by Gasteiger charge is -2.27. The fourth-order valence-corrected chi connectivity index (χ4v) is 2.32. The minimum absolute atomic E-state index is 0.192. The number of likely N-dealkylation sites (N-methyl/N-ethyl adjacent to an activating group) is 1. The first-order valence-corrected chi connectivity index (χ1v) is 6.58. The van der Waals surface area contributed by atoms with E-state index in [1.807, 2.05) is 6.07 Å². The van der Waals surface area contributed by atoms with Gasteiger partial charge in [-0.25, -0.2) is 0 Å². The lowest BCUT2D eigenvalue weighted by molar-refractivity contribution is 0.0654. The van der Waals surface area contributed by atoms with E-state index in [9.17, 15) is 0 Å². The van der Waals surface area contributed by atoms with Gasteiger partial charge in [0.15, 0.2) is 0 Å². The summed E-state index contributed by atoms with van der Waals surface area (Å²) >= 11 is 0. The van der Waals surface area contributed by atoms with Gasteiger partial charge in [0.05, 0.1) is 19.3 Å². The van der Waals surface area contributed by atoms with Crippen LogP contribution in [0.4, 0.5) is 0 Å². The molecule has 0 saturated heterocycles. The molecular formula is C15H25NO2. The minimum atomic E-state index is 0.192. The summed E-state index contributed by atoms with van der Waals surface area (Å²) in [6.45, 7) is 7.31. The summed E-state index contributed by atoms with van der Waals surface area (Å²) in [5.41, 5.74) is 2.52. The molecule has 0 fully saturated rings. The van der Waals surface area contributed by atoms with Crippen LogP contribution in [0.3, 0.4) is 0 Å². The number of hydrogen-bond acceptors (Lipinski definition) is 3. The van der Waals surface area contributed by atoms with E-state index in [2.05, 4.69) is 38.2 Å². The second-order valence-electron chi connectivity index (χ2n) is 4.44. The lowest BCUT2D eigenvalue weighted by Crippen LogP contribution is -2.33. The zero-order chi connectivity index (χ0) is 13.5. The summed E-state index contributed by atoms with van der Waals surface area (Å²) in [6.07, 6.45) is 1.18. The normalized spacial score (nSPS) is 14.3. The van der Waals surface area contributed by atoms with E-state index in [1.54, 1.807) is 14.2 Å². The zero-order valence-corrected chi connectivity index (χ0v) is 12.1. The second kappa shape index (κ2) is 7.39. The average Bonchev–Trinajstić information content (AvgIpc) is 2.39. The first kappa shape index (κ1) is 15.0. The Kier molecular flexibility index (Phi) is 6.16. The van der Waals surface area contributed by atoms with Gasteiger partial charge < -0.3 is 14.8 Å². The summed E-state index contributed by atoms with van der Waals surface area (Å²) in [5, 5.41) is 3.51. The third-order valence-electron chi connectivity index (χ3n) is 3.31. The molecule has 3 nitrogen and oxygen atoms in total. The van der Waals surface area contributed by atoms with Crippen molar-refractivity contribution in [2.75, 3.05) is 20.8 Å². The van der Waals surface area contributed by atoms with Crippen LogP contribution in [0.2, 0.25) is 0 Å². The molecule has 102 valence electrons. The standard InChI is InChI=1S/C15H25NO2/c1-6-14(18-5)15(16-7-2)13-9-8-12(17-4)10-11(13)3/h8-10,14-16H,6-7H2,1-5H3. The molecule has 0 amide bonds. The maximum atomic E-state index is 5.59. The van der Waals surface area contributed by atoms with E-state index in [4.69, 9.17) is 9.47 Å². The molecule has 3 heteroatoms. The number of rotatable bonds is 7. The molecule has 0 radical (unpaired) electrons. The Morgan fingerprint density at radius 2 is 1.94 bits per heavy atom. The van der Waals surface area contributed by atoms with Crippen LogP contribution < -0.4 is 10.1 Å². The highest BCUT2D eigenvalue weighted by atomic mass is 16.5. The van der Waals surface area contributed by atoms with Gasteiger partial charge in [-0.1, -0.05) is 19.9 Å². The second-order valence-corrected chi connectivity index (χ2v) is 4.44. The van der Waals surface area contributed by atoms with Gasteiger partial charge in [0.1, 0.15) is 5.75 Å². The predicted octanol–water partition coefficient (Wildman–Crippen LogP) is 3.08. The zero-order valence-electron chi connectivity index (χ0n) is 12.1. The summed E-state index contributed by atoms with van der Waals surface area (Å²) < 4.78 is 10.8. The fraction of sp³-hybridized carbons (Fsp3) is 0.600. The number of aryl methyl sites for hydroxylation is 1. The van der Waals surface area contributed by atoms with Gasteiger partial charge in [-0.2, -0.15) is 0 Å². The van der Waals surface area contributed by atoms with Gasteiger partial charge >= 0.3 is 0 Å². The van der Waals surface area contributed by atoms with Crippen LogP contribution in [-0.2, 0) is 4.74 Å². The molecule has 0 aliphatic rings. The average molecular weight is 251 g/mol. The number of methoxy groups -OCH3 is 2. The lowest BCUT2D eigenvalue weighted by atomic mass is 9.95. The molecule has 0 aromatic heterocycles. The molecule has 0 spiro atoms. The number of benzene rings is 1. The Hall–Kier alpha value is -1.06. The van der Waals surface area contributed by atoms with Crippen molar-refractivity contribution in [1.82, 2.24) is 5.32 Å². The van der Waals surface area contributed by atoms with Crippen molar-refractivity contribution in [3.63, 3.8) is 0 Å². The van der Waals surface area contributed by atoms with Crippen molar-refractivity contribution >= 4 is 0 Å². The maximum Gasteiger partial charge on any atom is 0.119 e. The number of nitrogens with one attached hydrogen (secondary N) is 1. The largest absolute Gasteiger partial charge is 0.497 e. The van der Waals surface area contributed by atoms with Crippen molar-refractivity contribution in [1.29, 1.82) is 0 Å². The smallest absolute Gasteiger partial charge is 0.119 e. The van der Waals surface area contributed by atoms with E-state index < -0.39 is 0 Å². The molecule has 1 aromatic rings. The van der Waals surface area contributed by atoms with E-state index in [-0.39, 0.29) is 12.1 Å². The molecule has 0 saturated carbocycles. The first-order chi connectivity index (χ1) is 8.67. The fourth-order valence-electron chi connectivity index (χ4n) is 2.32. The Morgan fingerprint density at radius 1 is 1.22 bits per heavy atom. The molecule has 0 bridgehead atoms. The molecule has 1 aromatic carbocycles. The third-order valence-corrected chi connectivity index (χ3v) is 3.31. The first-order valence-electron chi connectivity index (χ1n) is 6.58. The van der Waals surface area contributed by atoms with Gasteiger partial charge in [-0.15, -0.1) is 0 Å². The van der Waals surface area contributed by atoms with Crippen LogP contribution in [-0.4, -0.2) is 26.9 Å². The van der Waals surface area contributed by atoms with Crippen LogP contribution in [0.25, 0.3) is 0 Å². The molecule has 2 unspecified atom stereocenters. The Bertz CT molecular complexity index is 362. The molecule has 0 aliphatic heterocycles. The van der Waals surface area contributed by atoms with E-state index in [1.165, 1.54) is 11.1 Å². The molecule has 1 rings (SSSR count). The van der Waals surface area contributed by atoms with Crippen LogP contribution in [0.1, 0.15) is 37.4 Å². The highest BCUT2D eigenvalue weighted by Crippen LogP contribution is 2.27. The summed E-state index contributed by atoms with van der Waals surface area (Å²) in [4.78, 5) is 0. The summed E-state index contributed by atoms with van der Waals surface area (Å²) in [7, 11) is 3.47. The topological polar surface area (TPSA) is 30.5 Å². The molecule has 18 heavy (non-hydrogen) atoms. The van der Waals surface area contributed by atoms with Crippen molar-refractivity contribution in [2.45, 2.75) is 39.3 Å². The minimum Gasteiger partial charge on any atom is -0.497 e. The van der Waals surface area contributed by atoms with Crippen LogP contribution in [0.5, 0.6) is 5.75 Å². The molecular weight excluding hydrogens is 226 g/mol. The monoisotopic (exact) mass is 251 g/mol. The van der Waals surface area contributed by atoms with Gasteiger partial charge in [-0.05, 0) is 43.1 Å². The molecule has 1 N–H and O–H groups in total. The van der Waals surface area contributed by atoms with Crippen LogP contribution >= 0.6 is 0 Å². The van der Waals surface area contributed by atoms with E-state index >= 15 is 0 Å². The van der Waals surface area contributed by atoms with Crippen LogP contribution in [0, 0.1) is 6.92 Å². The van der Waals surface area contributed by atoms with E-state index in [0.29, 0.717) is 0 Å². The predicted molar refractivity (Wildman–Crippen MR) is 75.2 cm³/mol. The molecule has 0 heterocycles. The molecule has 2 atom stereocenters. The van der Waals surface area contributed by atoms with Crippen molar-refractivity contribution in [3.05, 3.63) is 29.3 Å². The van der Waals surface area contributed by atoms with E-state index in [0.717, 1.165) is 18.7 Å². The Morgan fingerprint density at radius 3 is 2.39 bits per heavy atom. The van der Waals surface area contributed by atoms with Gasteiger partial charge in [-0.3, -0.25) is 0 Å². The summed E-state index contributed by atoms with van der Waals surface area (Å²) in [5.74, 6) is 0.900. The number of hydrogen-bond donors (Lipinski definition) is 1. The highest BCUT2D eigenvalue weighted by molar-refractivity contribution is 5.37. The molecule has 0 aliphatic carbocycles.